The van der Waals surface area contributed by atoms with Gasteiger partial charge in [-0.15, -0.1) is 0 Å². The van der Waals surface area contributed by atoms with Crippen LogP contribution in [-0.4, -0.2) is 20.8 Å². The van der Waals surface area contributed by atoms with E-state index in [1.54, 1.807) is 14.2 Å². The SMILES string of the molecule is CNC(COC)c1ccc(F)c(F)c1Br. The predicted octanol–water partition coefficient (Wildman–Crippen LogP) is 2.63. The summed E-state index contributed by atoms with van der Waals surface area (Å²) in [5.41, 5.74) is 0.637. The number of benzene rings is 1. The summed E-state index contributed by atoms with van der Waals surface area (Å²) in [4.78, 5) is 0. The average Bonchev–Trinajstić information content (AvgIpc) is 2.24. The fourth-order valence-electron chi connectivity index (χ4n) is 1.31. The molecule has 0 amide bonds. The van der Waals surface area contributed by atoms with Crippen LogP contribution in [-0.2, 0) is 4.74 Å². The molecule has 0 aliphatic rings. The summed E-state index contributed by atoms with van der Waals surface area (Å²) in [6.07, 6.45) is 0. The fourth-order valence-corrected chi connectivity index (χ4v) is 1.90. The lowest BCUT2D eigenvalue weighted by Gasteiger charge is -2.17. The van der Waals surface area contributed by atoms with Crippen molar-refractivity contribution >= 4 is 15.9 Å². The van der Waals surface area contributed by atoms with Gasteiger partial charge in [-0.2, -0.15) is 0 Å². The Morgan fingerprint density at radius 2 is 2.13 bits per heavy atom. The topological polar surface area (TPSA) is 21.3 Å². The van der Waals surface area contributed by atoms with Crippen molar-refractivity contribution in [2.24, 2.45) is 0 Å². The maximum Gasteiger partial charge on any atom is 0.173 e. The van der Waals surface area contributed by atoms with E-state index in [4.69, 9.17) is 4.74 Å². The Kier molecular flexibility index (Phi) is 4.63. The molecule has 84 valence electrons. The van der Waals surface area contributed by atoms with Crippen LogP contribution >= 0.6 is 15.9 Å². The molecule has 0 bridgehead atoms. The maximum absolute atomic E-state index is 13.2. The number of nitrogens with one attached hydrogen (secondary N) is 1. The summed E-state index contributed by atoms with van der Waals surface area (Å²) in [5.74, 6) is -1.73. The van der Waals surface area contributed by atoms with Crippen LogP contribution in [0.5, 0.6) is 0 Å². The lowest BCUT2D eigenvalue weighted by atomic mass is 10.1. The third kappa shape index (κ3) is 2.74. The van der Waals surface area contributed by atoms with Crippen LogP contribution < -0.4 is 5.32 Å². The Hall–Kier alpha value is -0.520. The lowest BCUT2D eigenvalue weighted by Crippen LogP contribution is -2.22. The molecule has 0 spiro atoms. The predicted molar refractivity (Wildman–Crippen MR) is 57.7 cm³/mol. The third-order valence-corrected chi connectivity index (χ3v) is 2.93. The molecule has 15 heavy (non-hydrogen) atoms. The molecule has 1 aromatic carbocycles. The van der Waals surface area contributed by atoms with Crippen LogP contribution in [0.15, 0.2) is 16.6 Å². The first kappa shape index (κ1) is 12.5. The second-order valence-corrected chi connectivity index (χ2v) is 3.85. The summed E-state index contributed by atoms with van der Waals surface area (Å²) in [7, 11) is 3.29. The number of halogens is 3. The van der Waals surface area contributed by atoms with Crippen molar-refractivity contribution in [2.75, 3.05) is 20.8 Å². The highest BCUT2D eigenvalue weighted by Gasteiger charge is 2.17. The smallest absolute Gasteiger partial charge is 0.173 e. The van der Waals surface area contributed by atoms with E-state index in [-0.39, 0.29) is 10.5 Å². The number of ether oxygens (including phenoxy) is 1. The summed E-state index contributed by atoms with van der Waals surface area (Å²) in [6, 6.07) is 2.47. The minimum absolute atomic E-state index is 0.138. The summed E-state index contributed by atoms with van der Waals surface area (Å²) < 4.78 is 31.2. The first-order valence-electron chi connectivity index (χ1n) is 4.41. The van der Waals surface area contributed by atoms with Crippen molar-refractivity contribution in [1.29, 1.82) is 0 Å². The van der Waals surface area contributed by atoms with Crippen molar-refractivity contribution in [1.82, 2.24) is 5.32 Å². The van der Waals surface area contributed by atoms with Crippen LogP contribution in [0, 0.1) is 11.6 Å². The minimum Gasteiger partial charge on any atom is -0.383 e. The Morgan fingerprint density at radius 1 is 1.47 bits per heavy atom. The van der Waals surface area contributed by atoms with Crippen molar-refractivity contribution < 1.29 is 13.5 Å². The van der Waals surface area contributed by atoms with Crippen molar-refractivity contribution in [3.8, 4) is 0 Å². The molecule has 0 radical (unpaired) electrons. The van der Waals surface area contributed by atoms with E-state index in [2.05, 4.69) is 21.2 Å². The van der Waals surface area contributed by atoms with Gasteiger partial charge in [0.2, 0.25) is 0 Å². The molecule has 1 N–H and O–H groups in total. The Labute approximate surface area is 95.8 Å². The zero-order valence-electron chi connectivity index (χ0n) is 8.48. The summed E-state index contributed by atoms with van der Waals surface area (Å²) in [5, 5.41) is 2.96. The maximum atomic E-state index is 13.2. The first-order chi connectivity index (χ1) is 7.11. The third-order valence-electron chi connectivity index (χ3n) is 2.12. The monoisotopic (exact) mass is 279 g/mol. The van der Waals surface area contributed by atoms with Crippen LogP contribution in [0.2, 0.25) is 0 Å². The van der Waals surface area contributed by atoms with Crippen molar-refractivity contribution in [2.45, 2.75) is 6.04 Å². The summed E-state index contributed by atoms with van der Waals surface area (Å²) in [6.45, 7) is 0.389. The van der Waals surface area contributed by atoms with Crippen LogP contribution in [0.4, 0.5) is 8.78 Å². The van der Waals surface area contributed by atoms with E-state index in [1.165, 1.54) is 6.07 Å². The van der Waals surface area contributed by atoms with Gasteiger partial charge in [0.05, 0.1) is 17.1 Å². The van der Waals surface area contributed by atoms with Gasteiger partial charge in [0.1, 0.15) is 0 Å². The quantitative estimate of drug-likeness (QED) is 0.856. The van der Waals surface area contributed by atoms with E-state index in [0.717, 1.165) is 6.07 Å². The van der Waals surface area contributed by atoms with Crippen LogP contribution in [0.3, 0.4) is 0 Å². The second kappa shape index (κ2) is 5.53. The molecular formula is C10H12BrF2NO. The number of hydrogen-bond acceptors (Lipinski definition) is 2. The van der Waals surface area contributed by atoms with Crippen LogP contribution in [0.1, 0.15) is 11.6 Å². The van der Waals surface area contributed by atoms with E-state index >= 15 is 0 Å². The van der Waals surface area contributed by atoms with Gasteiger partial charge < -0.3 is 10.1 Å². The normalized spacial score (nSPS) is 12.9. The molecule has 2 nitrogen and oxygen atoms in total. The first-order valence-corrected chi connectivity index (χ1v) is 5.20. The van der Waals surface area contributed by atoms with Gasteiger partial charge in [0.15, 0.2) is 11.6 Å². The molecule has 0 aromatic heterocycles. The van der Waals surface area contributed by atoms with Gasteiger partial charge in [-0.3, -0.25) is 0 Å². The van der Waals surface area contributed by atoms with Crippen molar-refractivity contribution in [3.63, 3.8) is 0 Å². The molecule has 1 atom stereocenters. The molecule has 1 aromatic rings. The largest absolute Gasteiger partial charge is 0.383 e. The van der Waals surface area contributed by atoms with Gasteiger partial charge in [-0.25, -0.2) is 8.78 Å². The minimum atomic E-state index is -0.871. The highest BCUT2D eigenvalue weighted by molar-refractivity contribution is 9.10. The van der Waals surface area contributed by atoms with E-state index in [9.17, 15) is 8.78 Å². The van der Waals surface area contributed by atoms with Crippen LogP contribution in [0.25, 0.3) is 0 Å². The molecule has 0 aliphatic heterocycles. The molecule has 1 rings (SSSR count). The van der Waals surface area contributed by atoms with Gasteiger partial charge in [-0.05, 0) is 34.6 Å². The van der Waals surface area contributed by atoms with Crippen molar-refractivity contribution in [3.05, 3.63) is 33.8 Å². The number of methoxy groups -OCH3 is 1. The molecule has 5 heteroatoms. The Morgan fingerprint density at radius 3 is 2.67 bits per heavy atom. The number of rotatable bonds is 4. The number of likely N-dealkylation sites (N-methyl/N-ethyl adjacent to an activating group) is 1. The molecule has 0 saturated carbocycles. The van der Waals surface area contributed by atoms with Gasteiger partial charge in [0.25, 0.3) is 0 Å². The van der Waals surface area contributed by atoms with E-state index in [1.807, 2.05) is 0 Å². The molecule has 0 aliphatic carbocycles. The number of hydrogen-bond donors (Lipinski definition) is 1. The zero-order valence-corrected chi connectivity index (χ0v) is 10.1. The van der Waals surface area contributed by atoms with Gasteiger partial charge in [-0.1, -0.05) is 6.07 Å². The van der Waals surface area contributed by atoms with Gasteiger partial charge in [0, 0.05) is 7.11 Å². The molecule has 0 saturated heterocycles. The van der Waals surface area contributed by atoms with E-state index < -0.39 is 11.6 Å². The lowest BCUT2D eigenvalue weighted by molar-refractivity contribution is 0.170. The highest BCUT2D eigenvalue weighted by atomic mass is 79.9. The molecule has 1 unspecified atom stereocenters. The highest BCUT2D eigenvalue weighted by Crippen LogP contribution is 2.27. The molecule has 0 fully saturated rings. The standard InChI is InChI=1S/C10H12BrF2NO/c1-14-8(5-15-2)6-3-4-7(12)10(13)9(6)11/h3-4,8,14H,5H2,1-2H3. The summed E-state index contributed by atoms with van der Waals surface area (Å²) >= 11 is 3.03. The molecular weight excluding hydrogens is 268 g/mol. The fraction of sp³-hybridized carbons (Fsp3) is 0.400. The van der Waals surface area contributed by atoms with Gasteiger partial charge >= 0.3 is 0 Å². The van der Waals surface area contributed by atoms with E-state index in [0.29, 0.717) is 12.2 Å². The average molecular weight is 280 g/mol. The Bertz CT molecular complexity index is 346. The molecule has 0 heterocycles. The zero-order chi connectivity index (χ0) is 11.4. The Balaban J connectivity index is 3.07. The second-order valence-electron chi connectivity index (χ2n) is 3.06.